The summed E-state index contributed by atoms with van der Waals surface area (Å²) in [6, 6.07) is 4.75. The third-order valence-corrected chi connectivity index (χ3v) is 4.60. The Balaban J connectivity index is 2.06. The van der Waals surface area contributed by atoms with Gasteiger partial charge in [-0.15, -0.1) is 5.10 Å². The summed E-state index contributed by atoms with van der Waals surface area (Å²) in [5.74, 6) is -0.314. The van der Waals surface area contributed by atoms with E-state index in [1.165, 1.54) is 16.8 Å². The number of nitrogens with one attached hydrogen (secondary N) is 2. The van der Waals surface area contributed by atoms with E-state index in [2.05, 4.69) is 20.7 Å². The molecule has 0 unspecified atom stereocenters. The molecular formula is C20H22F4N6O2. The molecule has 12 heteroatoms. The molecule has 1 amide bonds. The van der Waals surface area contributed by atoms with Gasteiger partial charge in [-0.1, -0.05) is 0 Å². The Morgan fingerprint density at radius 3 is 2.50 bits per heavy atom. The molecule has 0 atom stereocenters. The number of halogens is 4. The van der Waals surface area contributed by atoms with Crippen LogP contribution in [-0.4, -0.2) is 59.5 Å². The van der Waals surface area contributed by atoms with Gasteiger partial charge in [0.2, 0.25) is 6.41 Å². The van der Waals surface area contributed by atoms with Crippen LogP contribution in [0.1, 0.15) is 13.8 Å². The van der Waals surface area contributed by atoms with E-state index < -0.39 is 17.6 Å². The Morgan fingerprint density at radius 1 is 1.22 bits per heavy atom. The van der Waals surface area contributed by atoms with Gasteiger partial charge in [-0.25, -0.2) is 14.1 Å². The monoisotopic (exact) mass is 454 g/mol. The first-order valence-electron chi connectivity index (χ1n) is 9.46. The molecule has 1 aromatic carbocycles. The summed E-state index contributed by atoms with van der Waals surface area (Å²) in [6.07, 6.45) is -2.68. The molecule has 1 aliphatic heterocycles. The number of amides is 1. The number of hydrogen-bond acceptors (Lipinski definition) is 6. The van der Waals surface area contributed by atoms with E-state index in [4.69, 9.17) is 4.74 Å². The number of nitrogens with zero attached hydrogens (tertiary/aromatic N) is 4. The number of rotatable bonds is 6. The average Bonchev–Trinajstić information content (AvgIpc) is 3.10. The lowest BCUT2D eigenvalue weighted by Gasteiger charge is -2.29. The smallest absolute Gasteiger partial charge is 0.427 e. The Morgan fingerprint density at radius 2 is 1.94 bits per heavy atom. The largest absolute Gasteiger partial charge is 0.478 e. The van der Waals surface area contributed by atoms with Gasteiger partial charge >= 0.3 is 6.18 Å². The minimum atomic E-state index is -4.66. The number of benzene rings is 1. The Labute approximate surface area is 181 Å². The van der Waals surface area contributed by atoms with Crippen molar-refractivity contribution in [3.63, 3.8) is 0 Å². The molecule has 0 radical (unpaired) electrons. The zero-order valence-electron chi connectivity index (χ0n) is 17.8. The Hall–Kier alpha value is -3.57. The van der Waals surface area contributed by atoms with Crippen molar-refractivity contribution in [2.45, 2.75) is 25.6 Å². The summed E-state index contributed by atoms with van der Waals surface area (Å²) in [7, 11) is 3.62. The number of carbonyl (C=O) groups excluding carboxylic acids is 1. The number of hydrogen-bond donors (Lipinski definition) is 2. The van der Waals surface area contributed by atoms with Gasteiger partial charge < -0.3 is 20.3 Å². The molecule has 0 bridgehead atoms. The summed E-state index contributed by atoms with van der Waals surface area (Å²) in [5, 5.41) is 9.79. The van der Waals surface area contributed by atoms with Crippen LogP contribution in [0.4, 0.5) is 23.4 Å². The van der Waals surface area contributed by atoms with Crippen LogP contribution in [0.15, 0.2) is 35.5 Å². The lowest BCUT2D eigenvalue weighted by atomic mass is 10.1. The van der Waals surface area contributed by atoms with Crippen molar-refractivity contribution < 1.29 is 27.1 Å². The fourth-order valence-corrected chi connectivity index (χ4v) is 2.86. The molecule has 0 saturated heterocycles. The first-order valence-corrected chi connectivity index (χ1v) is 9.46. The summed E-state index contributed by atoms with van der Waals surface area (Å²) in [4.78, 5) is 16.9. The van der Waals surface area contributed by atoms with Crippen molar-refractivity contribution in [1.82, 2.24) is 20.0 Å². The van der Waals surface area contributed by atoms with Crippen LogP contribution < -0.4 is 15.4 Å². The molecular weight excluding hydrogens is 432 g/mol. The van der Waals surface area contributed by atoms with Gasteiger partial charge in [0.05, 0.1) is 24.1 Å². The molecule has 1 aliphatic rings. The van der Waals surface area contributed by atoms with Gasteiger partial charge in [0.15, 0.2) is 17.4 Å². The topological polar surface area (TPSA) is 83.8 Å². The zero-order valence-corrected chi connectivity index (χ0v) is 17.8. The second-order valence-electron chi connectivity index (χ2n) is 7.70. The SMILES string of the molecule is CN(C)C1=NC=C(n2nc(NC=O)cc2-c2cc(F)cc(OC(C)(C)C(F)(F)F)c2)CN1. The van der Waals surface area contributed by atoms with Crippen LogP contribution in [0.5, 0.6) is 5.75 Å². The van der Waals surface area contributed by atoms with Gasteiger partial charge in [0.25, 0.3) is 0 Å². The molecule has 2 N–H and O–H groups in total. The molecule has 0 spiro atoms. The van der Waals surface area contributed by atoms with E-state index >= 15 is 0 Å². The minimum absolute atomic E-state index is 0.167. The highest BCUT2D eigenvalue weighted by atomic mass is 19.4. The van der Waals surface area contributed by atoms with Crippen LogP contribution >= 0.6 is 0 Å². The maximum atomic E-state index is 14.3. The van der Waals surface area contributed by atoms with Gasteiger partial charge in [-0.3, -0.25) is 4.79 Å². The number of ether oxygens (including phenoxy) is 1. The lowest BCUT2D eigenvalue weighted by Crippen LogP contribution is -2.44. The first kappa shape index (κ1) is 23.1. The van der Waals surface area contributed by atoms with Gasteiger partial charge in [0.1, 0.15) is 11.6 Å². The van der Waals surface area contributed by atoms with E-state index in [9.17, 15) is 22.4 Å². The van der Waals surface area contributed by atoms with Crippen molar-refractivity contribution >= 4 is 23.9 Å². The number of guanidine groups is 1. The Kier molecular flexibility index (Phi) is 6.15. The van der Waals surface area contributed by atoms with Crippen LogP contribution in [-0.2, 0) is 4.79 Å². The van der Waals surface area contributed by atoms with Crippen molar-refractivity contribution in [3.8, 4) is 17.0 Å². The minimum Gasteiger partial charge on any atom is -0.478 e. The van der Waals surface area contributed by atoms with Gasteiger partial charge in [-0.05, 0) is 26.0 Å². The molecule has 0 saturated carbocycles. The third-order valence-electron chi connectivity index (χ3n) is 4.60. The van der Waals surface area contributed by atoms with E-state index in [0.29, 0.717) is 30.3 Å². The number of alkyl halides is 3. The number of aliphatic imine (C=N–C) groups is 1. The van der Waals surface area contributed by atoms with Crippen molar-refractivity contribution in [2.24, 2.45) is 4.99 Å². The highest BCUT2D eigenvalue weighted by Gasteiger charge is 2.49. The first-order chi connectivity index (χ1) is 14.9. The standard InChI is InChI=1S/C20H22F4N6O2/c1-19(2,20(22,23)24)32-15-6-12(5-13(21)7-15)16-8-17(27-11-31)28-30(16)14-9-25-18(26-10-14)29(3)4/h5-9,11H,10H2,1-4H3,(H,25,26)(H,27,28,31). The van der Waals surface area contributed by atoms with Crippen LogP contribution in [0.25, 0.3) is 17.0 Å². The average molecular weight is 454 g/mol. The fourth-order valence-electron chi connectivity index (χ4n) is 2.86. The normalized spacial score (nSPS) is 14.2. The number of anilines is 1. The molecule has 2 heterocycles. The summed E-state index contributed by atoms with van der Waals surface area (Å²) in [5.41, 5.74) is -1.45. The van der Waals surface area contributed by atoms with Gasteiger partial charge in [0, 0.05) is 31.8 Å². The van der Waals surface area contributed by atoms with E-state index in [1.807, 2.05) is 14.1 Å². The molecule has 3 rings (SSSR count). The number of carbonyl (C=O) groups is 1. The molecule has 8 nitrogen and oxygen atoms in total. The molecule has 0 fully saturated rings. The second-order valence-corrected chi connectivity index (χ2v) is 7.70. The molecule has 32 heavy (non-hydrogen) atoms. The highest BCUT2D eigenvalue weighted by molar-refractivity contribution is 5.84. The Bertz CT molecular complexity index is 1070. The fraction of sp³-hybridized carbons (Fsp3) is 0.350. The third kappa shape index (κ3) is 4.84. The van der Waals surface area contributed by atoms with Crippen LogP contribution in [0.3, 0.4) is 0 Å². The van der Waals surface area contributed by atoms with Crippen molar-refractivity contribution in [1.29, 1.82) is 0 Å². The predicted molar refractivity (Wildman–Crippen MR) is 111 cm³/mol. The molecule has 2 aromatic rings. The second kappa shape index (κ2) is 8.52. The summed E-state index contributed by atoms with van der Waals surface area (Å²) < 4.78 is 60.5. The molecule has 1 aromatic heterocycles. The summed E-state index contributed by atoms with van der Waals surface area (Å²) in [6.45, 7) is 2.02. The quantitative estimate of drug-likeness (QED) is 0.517. The van der Waals surface area contributed by atoms with Crippen molar-refractivity contribution in [3.05, 3.63) is 36.3 Å². The maximum absolute atomic E-state index is 14.3. The maximum Gasteiger partial charge on any atom is 0.427 e. The van der Waals surface area contributed by atoms with E-state index in [1.54, 1.807) is 11.1 Å². The van der Waals surface area contributed by atoms with Crippen molar-refractivity contribution in [2.75, 3.05) is 26.0 Å². The van der Waals surface area contributed by atoms with E-state index in [0.717, 1.165) is 26.0 Å². The van der Waals surface area contributed by atoms with Gasteiger partial charge in [-0.2, -0.15) is 13.2 Å². The van der Waals surface area contributed by atoms with E-state index in [-0.39, 0.29) is 17.1 Å². The molecule has 172 valence electrons. The summed E-state index contributed by atoms with van der Waals surface area (Å²) >= 11 is 0. The molecule has 0 aliphatic carbocycles. The van der Waals surface area contributed by atoms with Crippen LogP contribution in [0, 0.1) is 5.82 Å². The predicted octanol–water partition coefficient (Wildman–Crippen LogP) is 3.30. The highest BCUT2D eigenvalue weighted by Crippen LogP contribution is 2.36. The lowest BCUT2D eigenvalue weighted by molar-refractivity contribution is -0.234. The zero-order chi connectivity index (χ0) is 23.7. The number of aromatic nitrogens is 2. The van der Waals surface area contributed by atoms with Crippen LogP contribution in [0.2, 0.25) is 0 Å².